The van der Waals surface area contributed by atoms with Crippen molar-refractivity contribution < 1.29 is 26.7 Å². The van der Waals surface area contributed by atoms with Gasteiger partial charge in [-0.3, -0.25) is 9.69 Å². The summed E-state index contributed by atoms with van der Waals surface area (Å²) in [6.07, 6.45) is 0. The average molecular weight is 370 g/mol. The highest BCUT2D eigenvalue weighted by atomic mass is 19.2. The molecule has 3 rings (SSSR count). The van der Waals surface area contributed by atoms with Gasteiger partial charge in [0, 0.05) is 32.7 Å². The molecule has 1 fully saturated rings. The van der Waals surface area contributed by atoms with Crippen LogP contribution in [0.25, 0.3) is 0 Å². The number of amides is 1. The summed E-state index contributed by atoms with van der Waals surface area (Å²) < 4.78 is 67.3. The Hall–Kier alpha value is -2.48. The predicted molar refractivity (Wildman–Crippen MR) is 83.9 cm³/mol. The monoisotopic (exact) mass is 370 g/mol. The van der Waals surface area contributed by atoms with Crippen LogP contribution in [0.2, 0.25) is 0 Å². The lowest BCUT2D eigenvalue weighted by Gasteiger charge is -2.34. The minimum atomic E-state index is -2.27. The fourth-order valence-electron chi connectivity index (χ4n) is 2.90. The Balaban J connectivity index is 1.71. The zero-order valence-electron chi connectivity index (χ0n) is 13.6. The number of hydrogen-bond acceptors (Lipinski definition) is 2. The molecule has 2 aromatic rings. The SMILES string of the molecule is O=C(c1c(F)c(F)c(F)c(F)c1F)N1CCN(Cc2ccccc2)CC1. The molecule has 0 N–H and O–H groups in total. The van der Waals surface area contributed by atoms with Gasteiger partial charge in [0.1, 0.15) is 5.56 Å². The van der Waals surface area contributed by atoms with E-state index in [1.807, 2.05) is 35.2 Å². The molecule has 8 heteroatoms. The van der Waals surface area contributed by atoms with Gasteiger partial charge >= 0.3 is 0 Å². The molecule has 1 saturated heterocycles. The number of halogens is 5. The molecule has 138 valence electrons. The van der Waals surface area contributed by atoms with Gasteiger partial charge in [0.05, 0.1) is 0 Å². The number of nitrogens with zero attached hydrogens (tertiary/aromatic N) is 2. The summed E-state index contributed by atoms with van der Waals surface area (Å²) in [7, 11) is 0. The minimum Gasteiger partial charge on any atom is -0.336 e. The first kappa shape index (κ1) is 18.3. The zero-order valence-corrected chi connectivity index (χ0v) is 13.6. The van der Waals surface area contributed by atoms with Crippen LogP contribution in [-0.2, 0) is 6.54 Å². The molecule has 26 heavy (non-hydrogen) atoms. The smallest absolute Gasteiger partial charge is 0.260 e. The molecule has 0 unspecified atom stereocenters. The van der Waals surface area contributed by atoms with Crippen molar-refractivity contribution in [1.82, 2.24) is 9.80 Å². The maximum absolute atomic E-state index is 13.8. The summed E-state index contributed by atoms with van der Waals surface area (Å²) in [5.41, 5.74) is -0.329. The predicted octanol–water partition coefficient (Wildman–Crippen LogP) is 3.34. The van der Waals surface area contributed by atoms with E-state index in [9.17, 15) is 26.7 Å². The molecule has 0 bridgehead atoms. The van der Waals surface area contributed by atoms with Crippen LogP contribution >= 0.6 is 0 Å². The molecule has 0 atom stereocenters. The molecule has 1 aliphatic rings. The largest absolute Gasteiger partial charge is 0.336 e. The summed E-state index contributed by atoms with van der Waals surface area (Å²) in [6.45, 7) is 1.76. The molecular weight excluding hydrogens is 355 g/mol. The van der Waals surface area contributed by atoms with Crippen molar-refractivity contribution in [2.24, 2.45) is 0 Å². The number of benzene rings is 2. The molecule has 0 saturated carbocycles. The van der Waals surface area contributed by atoms with Gasteiger partial charge in [0.2, 0.25) is 5.82 Å². The molecule has 1 amide bonds. The Bertz CT molecular complexity index is 791. The lowest BCUT2D eigenvalue weighted by Crippen LogP contribution is -2.48. The molecule has 2 aromatic carbocycles. The van der Waals surface area contributed by atoms with Crippen LogP contribution in [0.4, 0.5) is 22.0 Å². The third-order valence-corrected chi connectivity index (χ3v) is 4.33. The Labute approximate surface area is 146 Å². The molecule has 1 heterocycles. The number of rotatable bonds is 3. The van der Waals surface area contributed by atoms with E-state index in [1.165, 1.54) is 0 Å². The average Bonchev–Trinajstić information content (AvgIpc) is 2.66. The Morgan fingerprint density at radius 2 is 1.27 bits per heavy atom. The first-order valence-corrected chi connectivity index (χ1v) is 7.97. The van der Waals surface area contributed by atoms with Crippen LogP contribution in [0.15, 0.2) is 30.3 Å². The second kappa shape index (κ2) is 7.41. The number of piperazine rings is 1. The molecular formula is C18H15F5N2O. The van der Waals surface area contributed by atoms with Gasteiger partial charge in [-0.25, -0.2) is 22.0 Å². The van der Waals surface area contributed by atoms with E-state index >= 15 is 0 Å². The molecule has 0 radical (unpaired) electrons. The highest BCUT2D eigenvalue weighted by Gasteiger charge is 2.33. The third kappa shape index (κ3) is 3.41. The van der Waals surface area contributed by atoms with E-state index in [0.29, 0.717) is 19.6 Å². The first-order chi connectivity index (χ1) is 12.4. The highest BCUT2D eigenvalue weighted by Crippen LogP contribution is 2.24. The Kier molecular flexibility index (Phi) is 5.22. The second-order valence-corrected chi connectivity index (χ2v) is 6.00. The van der Waals surface area contributed by atoms with Crippen LogP contribution in [0.5, 0.6) is 0 Å². The standard InChI is InChI=1S/C18H15F5N2O/c19-13-12(14(20)16(22)17(23)15(13)21)18(26)25-8-6-24(7-9-25)10-11-4-2-1-3-5-11/h1-5H,6-10H2. The third-order valence-electron chi connectivity index (χ3n) is 4.33. The van der Waals surface area contributed by atoms with E-state index in [4.69, 9.17) is 0 Å². The van der Waals surface area contributed by atoms with Crippen LogP contribution in [-0.4, -0.2) is 41.9 Å². The van der Waals surface area contributed by atoms with Crippen molar-refractivity contribution in [3.63, 3.8) is 0 Å². The second-order valence-electron chi connectivity index (χ2n) is 6.00. The van der Waals surface area contributed by atoms with E-state index in [-0.39, 0.29) is 13.1 Å². The number of carbonyl (C=O) groups is 1. The van der Waals surface area contributed by atoms with Crippen molar-refractivity contribution in [1.29, 1.82) is 0 Å². The lowest BCUT2D eigenvalue weighted by atomic mass is 10.1. The minimum absolute atomic E-state index is 0.130. The van der Waals surface area contributed by atoms with Gasteiger partial charge in [-0.1, -0.05) is 30.3 Å². The molecule has 0 aromatic heterocycles. The summed E-state index contributed by atoms with van der Waals surface area (Å²) in [5.74, 6) is -11.9. The Morgan fingerprint density at radius 1 is 0.769 bits per heavy atom. The van der Waals surface area contributed by atoms with Crippen LogP contribution in [0.3, 0.4) is 0 Å². The normalized spacial score (nSPS) is 15.3. The molecule has 0 aliphatic carbocycles. The highest BCUT2D eigenvalue weighted by molar-refractivity contribution is 5.95. The van der Waals surface area contributed by atoms with Crippen LogP contribution in [0.1, 0.15) is 15.9 Å². The van der Waals surface area contributed by atoms with E-state index in [0.717, 1.165) is 10.5 Å². The lowest BCUT2D eigenvalue weighted by molar-refractivity contribution is 0.0615. The van der Waals surface area contributed by atoms with E-state index < -0.39 is 40.6 Å². The van der Waals surface area contributed by atoms with Crippen LogP contribution in [0, 0.1) is 29.1 Å². The number of hydrogen-bond donors (Lipinski definition) is 0. The summed E-state index contributed by atoms with van der Waals surface area (Å²) in [4.78, 5) is 15.4. The molecule has 1 aliphatic heterocycles. The van der Waals surface area contributed by atoms with E-state index in [2.05, 4.69) is 0 Å². The van der Waals surface area contributed by atoms with Crippen molar-refractivity contribution in [3.05, 3.63) is 70.5 Å². The summed E-state index contributed by atoms with van der Waals surface area (Å²) in [6, 6.07) is 9.60. The topological polar surface area (TPSA) is 23.6 Å². The maximum atomic E-state index is 13.8. The summed E-state index contributed by atoms with van der Waals surface area (Å²) in [5, 5.41) is 0. The summed E-state index contributed by atoms with van der Waals surface area (Å²) >= 11 is 0. The van der Waals surface area contributed by atoms with Crippen molar-refractivity contribution >= 4 is 5.91 Å². The fraction of sp³-hybridized carbons (Fsp3) is 0.278. The van der Waals surface area contributed by atoms with Crippen molar-refractivity contribution in [2.75, 3.05) is 26.2 Å². The van der Waals surface area contributed by atoms with Crippen LogP contribution < -0.4 is 0 Å². The van der Waals surface area contributed by atoms with Gasteiger partial charge in [-0.2, -0.15) is 0 Å². The molecule has 3 nitrogen and oxygen atoms in total. The van der Waals surface area contributed by atoms with Gasteiger partial charge in [-0.15, -0.1) is 0 Å². The van der Waals surface area contributed by atoms with Crippen molar-refractivity contribution in [3.8, 4) is 0 Å². The maximum Gasteiger partial charge on any atom is 0.260 e. The van der Waals surface area contributed by atoms with Gasteiger partial charge in [-0.05, 0) is 5.56 Å². The quantitative estimate of drug-likeness (QED) is 0.470. The Morgan fingerprint density at radius 3 is 1.81 bits per heavy atom. The first-order valence-electron chi connectivity index (χ1n) is 7.97. The van der Waals surface area contributed by atoms with Crippen molar-refractivity contribution in [2.45, 2.75) is 6.54 Å². The van der Waals surface area contributed by atoms with Gasteiger partial charge in [0.15, 0.2) is 23.3 Å². The zero-order chi connectivity index (χ0) is 18.8. The molecule has 0 spiro atoms. The fourth-order valence-corrected chi connectivity index (χ4v) is 2.90. The van der Waals surface area contributed by atoms with E-state index in [1.54, 1.807) is 0 Å². The number of carbonyl (C=O) groups excluding carboxylic acids is 1. The van der Waals surface area contributed by atoms with Gasteiger partial charge < -0.3 is 4.90 Å². The van der Waals surface area contributed by atoms with Gasteiger partial charge in [0.25, 0.3) is 5.91 Å².